The molecule has 2 aliphatic rings. The second-order valence-corrected chi connectivity index (χ2v) is 7.30. The molecule has 120 valence electrons. The van der Waals surface area contributed by atoms with Crippen LogP contribution in [0.3, 0.4) is 0 Å². The Balaban J connectivity index is 1.66. The minimum absolute atomic E-state index is 0.00739. The van der Waals surface area contributed by atoms with Gasteiger partial charge in [0, 0.05) is 6.54 Å². The minimum Gasteiger partial charge on any atom is -0.481 e. The van der Waals surface area contributed by atoms with Crippen molar-refractivity contribution in [2.75, 3.05) is 13.2 Å². The summed E-state index contributed by atoms with van der Waals surface area (Å²) in [7, 11) is 0. The van der Waals surface area contributed by atoms with E-state index in [4.69, 9.17) is 14.6 Å². The largest absolute Gasteiger partial charge is 0.481 e. The quantitative estimate of drug-likeness (QED) is 0.834. The number of hydrogen-bond donors (Lipinski definition) is 2. The molecule has 1 spiro atoms. The Morgan fingerprint density at radius 3 is 2.52 bits per heavy atom. The smallest absolute Gasteiger partial charge is 0.407 e. The minimum atomic E-state index is -0.700. The van der Waals surface area contributed by atoms with Crippen LogP contribution in [0.5, 0.6) is 0 Å². The average Bonchev–Trinajstić information content (AvgIpc) is 2.32. The lowest BCUT2D eigenvalue weighted by molar-refractivity contribution is -0.161. The molecule has 21 heavy (non-hydrogen) atoms. The van der Waals surface area contributed by atoms with Gasteiger partial charge in [0.15, 0.2) is 0 Å². The van der Waals surface area contributed by atoms with Crippen molar-refractivity contribution in [3.05, 3.63) is 0 Å². The zero-order valence-corrected chi connectivity index (χ0v) is 13.0. The molecular weight excluding hydrogens is 274 g/mol. The molecule has 2 N–H and O–H groups in total. The zero-order chi connectivity index (χ0) is 15.7. The maximum Gasteiger partial charge on any atom is 0.407 e. The van der Waals surface area contributed by atoms with E-state index in [9.17, 15) is 9.59 Å². The van der Waals surface area contributed by atoms with Crippen molar-refractivity contribution in [1.29, 1.82) is 0 Å². The van der Waals surface area contributed by atoms with E-state index in [1.165, 1.54) is 0 Å². The predicted molar refractivity (Wildman–Crippen MR) is 76.0 cm³/mol. The molecule has 1 unspecified atom stereocenters. The Kier molecular flexibility index (Phi) is 4.46. The van der Waals surface area contributed by atoms with Crippen LogP contribution in [0.1, 0.15) is 46.5 Å². The van der Waals surface area contributed by atoms with E-state index < -0.39 is 17.7 Å². The summed E-state index contributed by atoms with van der Waals surface area (Å²) in [5.74, 6) is -0.903. The summed E-state index contributed by atoms with van der Waals surface area (Å²) in [6, 6.07) is 0. The summed E-state index contributed by atoms with van der Waals surface area (Å²) in [6.07, 6.45) is 2.82. The van der Waals surface area contributed by atoms with Crippen LogP contribution in [0.15, 0.2) is 0 Å². The number of carboxylic acids is 1. The fourth-order valence-electron chi connectivity index (χ4n) is 3.07. The molecule has 1 aliphatic carbocycles. The van der Waals surface area contributed by atoms with Gasteiger partial charge in [0.05, 0.1) is 18.6 Å². The highest BCUT2D eigenvalue weighted by atomic mass is 16.6. The van der Waals surface area contributed by atoms with Crippen molar-refractivity contribution in [2.45, 2.75) is 58.2 Å². The first kappa shape index (κ1) is 16.1. The van der Waals surface area contributed by atoms with Crippen LogP contribution in [-0.2, 0) is 14.3 Å². The molecule has 1 saturated carbocycles. The molecule has 6 nitrogen and oxygen atoms in total. The lowest BCUT2D eigenvalue weighted by Gasteiger charge is -2.49. The second kappa shape index (κ2) is 5.83. The van der Waals surface area contributed by atoms with Gasteiger partial charge in [-0.3, -0.25) is 4.79 Å². The van der Waals surface area contributed by atoms with Crippen molar-refractivity contribution in [3.8, 4) is 0 Å². The van der Waals surface area contributed by atoms with E-state index in [2.05, 4.69) is 5.32 Å². The first-order valence-electron chi connectivity index (χ1n) is 7.50. The number of hydrogen-bond acceptors (Lipinski definition) is 4. The zero-order valence-electron chi connectivity index (χ0n) is 13.0. The number of rotatable bonds is 3. The van der Waals surface area contributed by atoms with Gasteiger partial charge in [0.2, 0.25) is 0 Å². The highest BCUT2D eigenvalue weighted by molar-refractivity contribution is 5.71. The number of nitrogens with one attached hydrogen (secondary N) is 1. The number of carbonyl (C=O) groups is 2. The fourth-order valence-corrected chi connectivity index (χ4v) is 3.07. The number of ether oxygens (including phenoxy) is 2. The Bertz CT molecular complexity index is 399. The predicted octanol–water partition coefficient (Wildman–Crippen LogP) is 2.17. The van der Waals surface area contributed by atoms with Gasteiger partial charge in [-0.05, 0) is 51.9 Å². The van der Waals surface area contributed by atoms with E-state index in [-0.39, 0.29) is 17.4 Å². The first-order chi connectivity index (χ1) is 9.69. The molecule has 0 aromatic carbocycles. The summed E-state index contributed by atoms with van der Waals surface area (Å²) in [5, 5.41) is 11.7. The van der Waals surface area contributed by atoms with Crippen LogP contribution in [0, 0.1) is 11.3 Å². The van der Waals surface area contributed by atoms with Gasteiger partial charge in [-0.1, -0.05) is 0 Å². The summed E-state index contributed by atoms with van der Waals surface area (Å²) in [5.41, 5.74) is -0.440. The van der Waals surface area contributed by atoms with E-state index in [1.54, 1.807) is 0 Å². The summed E-state index contributed by atoms with van der Waals surface area (Å²) in [4.78, 5) is 22.4. The monoisotopic (exact) mass is 299 g/mol. The van der Waals surface area contributed by atoms with Gasteiger partial charge >= 0.3 is 12.1 Å². The van der Waals surface area contributed by atoms with Crippen LogP contribution in [0.4, 0.5) is 4.79 Å². The van der Waals surface area contributed by atoms with Crippen molar-refractivity contribution >= 4 is 12.1 Å². The van der Waals surface area contributed by atoms with Crippen LogP contribution < -0.4 is 5.32 Å². The van der Waals surface area contributed by atoms with E-state index in [0.717, 1.165) is 12.8 Å². The standard InChI is InChI=1S/C15H25NO5/c1-14(2,3)21-13(19)16-8-11-4-5-15(9-20-11)6-10(7-15)12(17)18/h10-11H,4-9H2,1-3H3,(H,16,19)(H,17,18). The van der Waals surface area contributed by atoms with Gasteiger partial charge in [-0.2, -0.15) is 0 Å². The average molecular weight is 299 g/mol. The molecular formula is C15H25NO5. The Hall–Kier alpha value is -1.30. The third kappa shape index (κ3) is 4.33. The number of carboxylic acid groups (broad SMARTS) is 1. The maximum absolute atomic E-state index is 11.6. The highest BCUT2D eigenvalue weighted by Crippen LogP contribution is 2.51. The van der Waals surface area contributed by atoms with Crippen LogP contribution in [-0.4, -0.2) is 42.0 Å². The molecule has 1 heterocycles. The van der Waals surface area contributed by atoms with Gasteiger partial charge in [0.25, 0.3) is 0 Å². The topological polar surface area (TPSA) is 84.9 Å². The lowest BCUT2D eigenvalue weighted by Crippen LogP contribution is -2.50. The normalized spacial score (nSPS) is 32.3. The van der Waals surface area contributed by atoms with Crippen LogP contribution >= 0.6 is 0 Å². The molecule has 1 amide bonds. The maximum atomic E-state index is 11.6. The molecule has 1 saturated heterocycles. The van der Waals surface area contributed by atoms with Gasteiger partial charge in [-0.15, -0.1) is 0 Å². The van der Waals surface area contributed by atoms with Crippen molar-refractivity contribution in [3.63, 3.8) is 0 Å². The van der Waals surface area contributed by atoms with Crippen molar-refractivity contribution in [2.24, 2.45) is 11.3 Å². The van der Waals surface area contributed by atoms with E-state index in [0.29, 0.717) is 26.0 Å². The van der Waals surface area contributed by atoms with Gasteiger partial charge < -0.3 is 19.9 Å². The highest BCUT2D eigenvalue weighted by Gasteiger charge is 2.49. The second-order valence-electron chi connectivity index (χ2n) is 7.30. The van der Waals surface area contributed by atoms with Gasteiger partial charge in [-0.25, -0.2) is 4.79 Å². The molecule has 0 radical (unpaired) electrons. The summed E-state index contributed by atoms with van der Waals surface area (Å²) in [6.45, 7) is 6.50. The molecule has 0 aromatic rings. The number of amides is 1. The van der Waals surface area contributed by atoms with Gasteiger partial charge in [0.1, 0.15) is 5.60 Å². The van der Waals surface area contributed by atoms with E-state index >= 15 is 0 Å². The molecule has 2 fully saturated rings. The molecule has 6 heteroatoms. The van der Waals surface area contributed by atoms with Crippen LogP contribution in [0.25, 0.3) is 0 Å². The number of aliphatic carboxylic acids is 1. The van der Waals surface area contributed by atoms with E-state index in [1.807, 2.05) is 20.8 Å². The third-order valence-corrected chi connectivity index (χ3v) is 4.20. The Labute approximate surface area is 125 Å². The first-order valence-corrected chi connectivity index (χ1v) is 7.50. The number of carbonyl (C=O) groups excluding carboxylic acids is 1. The summed E-state index contributed by atoms with van der Waals surface area (Å²) >= 11 is 0. The lowest BCUT2D eigenvalue weighted by atomic mass is 9.59. The third-order valence-electron chi connectivity index (χ3n) is 4.20. The molecule has 2 rings (SSSR count). The Morgan fingerprint density at radius 2 is 2.05 bits per heavy atom. The van der Waals surface area contributed by atoms with Crippen LogP contribution in [0.2, 0.25) is 0 Å². The molecule has 0 aromatic heterocycles. The van der Waals surface area contributed by atoms with Crippen molar-refractivity contribution in [1.82, 2.24) is 5.32 Å². The number of alkyl carbamates (subject to hydrolysis) is 1. The summed E-state index contributed by atoms with van der Waals surface area (Å²) < 4.78 is 11.0. The Morgan fingerprint density at radius 1 is 1.38 bits per heavy atom. The van der Waals surface area contributed by atoms with Crippen molar-refractivity contribution < 1.29 is 24.2 Å². The molecule has 1 atom stereocenters. The SMILES string of the molecule is CC(C)(C)OC(=O)NCC1CCC2(CO1)CC(C(=O)O)C2. The molecule has 1 aliphatic heterocycles. The fraction of sp³-hybridized carbons (Fsp3) is 0.867. The molecule has 0 bridgehead atoms.